The summed E-state index contributed by atoms with van der Waals surface area (Å²) in [5.41, 5.74) is -0.301. The highest BCUT2D eigenvalue weighted by atomic mass is 127. The number of aryl methyl sites for hydroxylation is 2. The minimum Gasteiger partial charge on any atom is -0.469 e. The van der Waals surface area contributed by atoms with Crippen LogP contribution in [0.4, 0.5) is 0 Å². The molecule has 1 atom stereocenters. The van der Waals surface area contributed by atoms with Crippen LogP contribution in [-0.2, 0) is 12.0 Å². The molecule has 0 aliphatic rings. The molecular formula is C20H32IN3O3. The zero-order valence-corrected chi connectivity index (χ0v) is 19.0. The molecule has 2 heterocycles. The first-order valence-corrected chi connectivity index (χ1v) is 9.27. The molecule has 0 radical (unpaired) electrons. The van der Waals surface area contributed by atoms with E-state index in [4.69, 9.17) is 8.83 Å². The van der Waals surface area contributed by atoms with Crippen molar-refractivity contribution in [2.45, 2.75) is 52.6 Å². The molecule has 27 heavy (non-hydrogen) atoms. The normalized spacial score (nSPS) is 13.7. The lowest BCUT2D eigenvalue weighted by molar-refractivity contribution is 0.0657. The number of guanidine groups is 1. The van der Waals surface area contributed by atoms with Gasteiger partial charge >= 0.3 is 0 Å². The zero-order valence-electron chi connectivity index (χ0n) is 16.7. The number of hydrogen-bond donors (Lipinski definition) is 3. The van der Waals surface area contributed by atoms with Crippen LogP contribution in [0.5, 0.6) is 0 Å². The Morgan fingerprint density at radius 1 is 1.26 bits per heavy atom. The monoisotopic (exact) mass is 489 g/mol. The number of furan rings is 2. The molecule has 1 unspecified atom stereocenters. The molecule has 7 heteroatoms. The summed E-state index contributed by atoms with van der Waals surface area (Å²) in [4.78, 5) is 4.58. The molecule has 0 fully saturated rings. The molecule has 0 saturated heterocycles. The van der Waals surface area contributed by atoms with Crippen molar-refractivity contribution >= 4 is 29.9 Å². The average Bonchev–Trinajstić information content (AvgIpc) is 3.22. The third-order valence-corrected chi connectivity index (χ3v) is 4.23. The van der Waals surface area contributed by atoms with E-state index in [2.05, 4.69) is 22.5 Å². The van der Waals surface area contributed by atoms with Gasteiger partial charge in [-0.1, -0.05) is 13.3 Å². The largest absolute Gasteiger partial charge is 0.469 e. The maximum Gasteiger partial charge on any atom is 0.191 e. The summed E-state index contributed by atoms with van der Waals surface area (Å²) >= 11 is 0. The highest BCUT2D eigenvalue weighted by Gasteiger charge is 2.27. The summed E-state index contributed by atoms with van der Waals surface area (Å²) in [6.07, 6.45) is 4.63. The van der Waals surface area contributed by atoms with Crippen molar-refractivity contribution in [2.24, 2.45) is 4.99 Å². The van der Waals surface area contributed by atoms with Gasteiger partial charge in [0.15, 0.2) is 5.96 Å². The molecule has 2 rings (SSSR count). The molecular weight excluding hydrogens is 457 g/mol. The van der Waals surface area contributed by atoms with Crippen molar-refractivity contribution in [3.8, 4) is 0 Å². The molecule has 0 aromatic carbocycles. The first-order valence-electron chi connectivity index (χ1n) is 9.27. The van der Waals surface area contributed by atoms with Gasteiger partial charge in [-0.2, -0.15) is 0 Å². The van der Waals surface area contributed by atoms with E-state index in [0.717, 1.165) is 48.7 Å². The Labute approximate surface area is 178 Å². The van der Waals surface area contributed by atoms with Gasteiger partial charge in [0.25, 0.3) is 0 Å². The van der Waals surface area contributed by atoms with Gasteiger partial charge in [0.05, 0.1) is 12.8 Å². The quantitative estimate of drug-likeness (QED) is 0.216. The third-order valence-electron chi connectivity index (χ3n) is 4.23. The van der Waals surface area contributed by atoms with Gasteiger partial charge in [-0.15, -0.1) is 24.0 Å². The second-order valence-electron chi connectivity index (χ2n) is 6.80. The third kappa shape index (κ3) is 7.57. The summed E-state index contributed by atoms with van der Waals surface area (Å²) in [6, 6.07) is 5.72. The lowest BCUT2D eigenvalue weighted by Crippen LogP contribution is -2.40. The predicted molar refractivity (Wildman–Crippen MR) is 119 cm³/mol. The smallest absolute Gasteiger partial charge is 0.191 e. The predicted octanol–water partition coefficient (Wildman–Crippen LogP) is 3.89. The fourth-order valence-electron chi connectivity index (χ4n) is 2.80. The van der Waals surface area contributed by atoms with Gasteiger partial charge < -0.3 is 24.6 Å². The summed E-state index contributed by atoms with van der Waals surface area (Å²) in [5.74, 6) is 3.15. The molecule has 0 aliphatic carbocycles. The first kappa shape index (κ1) is 23.6. The van der Waals surface area contributed by atoms with Gasteiger partial charge in [-0.3, -0.25) is 0 Å². The Kier molecular flexibility index (Phi) is 9.93. The Bertz CT molecular complexity index is 693. The van der Waals surface area contributed by atoms with Crippen molar-refractivity contribution < 1.29 is 13.9 Å². The van der Waals surface area contributed by atoms with Crippen molar-refractivity contribution in [1.82, 2.24) is 10.6 Å². The van der Waals surface area contributed by atoms with Gasteiger partial charge in [-0.05, 0) is 45.4 Å². The maximum absolute atomic E-state index is 10.8. The molecule has 0 saturated carbocycles. The molecule has 0 spiro atoms. The second-order valence-corrected chi connectivity index (χ2v) is 6.80. The Hall–Kier alpha value is -1.48. The summed E-state index contributed by atoms with van der Waals surface area (Å²) in [7, 11) is 0. The van der Waals surface area contributed by atoms with E-state index in [1.54, 1.807) is 13.2 Å². The van der Waals surface area contributed by atoms with Crippen LogP contribution in [0.3, 0.4) is 0 Å². The number of rotatable bonds is 9. The fourth-order valence-corrected chi connectivity index (χ4v) is 2.80. The maximum atomic E-state index is 10.8. The van der Waals surface area contributed by atoms with Crippen LogP contribution in [0.15, 0.2) is 38.3 Å². The lowest BCUT2D eigenvalue weighted by atomic mass is 9.96. The number of aliphatic imine (C=N–C) groups is 1. The van der Waals surface area contributed by atoms with E-state index in [9.17, 15) is 5.11 Å². The molecule has 2 aromatic heterocycles. The fraction of sp³-hybridized carbons (Fsp3) is 0.550. The average molecular weight is 489 g/mol. The number of halogens is 1. The number of hydrogen-bond acceptors (Lipinski definition) is 4. The number of aliphatic hydroxyl groups is 1. The van der Waals surface area contributed by atoms with E-state index in [1.807, 2.05) is 32.0 Å². The van der Waals surface area contributed by atoms with E-state index in [1.165, 1.54) is 0 Å². The summed E-state index contributed by atoms with van der Waals surface area (Å²) in [5, 5.41) is 17.5. The first-order chi connectivity index (χ1) is 12.4. The highest BCUT2D eigenvalue weighted by Crippen LogP contribution is 2.27. The van der Waals surface area contributed by atoms with Crippen LogP contribution in [0.25, 0.3) is 0 Å². The van der Waals surface area contributed by atoms with E-state index >= 15 is 0 Å². The van der Waals surface area contributed by atoms with E-state index < -0.39 is 5.60 Å². The van der Waals surface area contributed by atoms with Gasteiger partial charge in [0, 0.05) is 25.1 Å². The second kappa shape index (κ2) is 11.4. The van der Waals surface area contributed by atoms with Crippen molar-refractivity contribution in [3.63, 3.8) is 0 Å². The number of unbranched alkanes of at least 4 members (excludes halogenated alkanes) is 1. The van der Waals surface area contributed by atoms with Gasteiger partial charge in [0.2, 0.25) is 0 Å². The van der Waals surface area contributed by atoms with Crippen LogP contribution in [0.2, 0.25) is 0 Å². The molecule has 3 N–H and O–H groups in total. The van der Waals surface area contributed by atoms with Gasteiger partial charge in [-0.25, -0.2) is 4.99 Å². The van der Waals surface area contributed by atoms with Crippen LogP contribution in [0, 0.1) is 13.8 Å². The van der Waals surface area contributed by atoms with Crippen LogP contribution in [0.1, 0.15) is 49.5 Å². The highest BCUT2D eigenvalue weighted by molar-refractivity contribution is 14.0. The number of nitrogens with one attached hydrogen (secondary N) is 2. The number of nitrogens with zero attached hydrogens (tertiary/aromatic N) is 1. The van der Waals surface area contributed by atoms with Crippen molar-refractivity contribution in [1.29, 1.82) is 0 Å². The van der Waals surface area contributed by atoms with Crippen LogP contribution in [-0.4, -0.2) is 30.7 Å². The Morgan fingerprint density at radius 3 is 2.59 bits per heavy atom. The van der Waals surface area contributed by atoms with E-state index in [0.29, 0.717) is 12.5 Å². The lowest BCUT2D eigenvalue weighted by Gasteiger charge is -2.21. The standard InChI is InChI=1S/C20H31N3O3.HI/c1-5-6-10-21-19(22-11-9-17-8-7-12-25-17)23-14-20(4,24)18-13-15(2)26-16(18)3;/h7-8,12-13,24H,5-6,9-11,14H2,1-4H3,(H2,21,22,23);1H. The molecule has 6 nitrogen and oxygen atoms in total. The minimum absolute atomic E-state index is 0. The van der Waals surface area contributed by atoms with E-state index in [-0.39, 0.29) is 30.5 Å². The topological polar surface area (TPSA) is 82.9 Å². The van der Waals surface area contributed by atoms with Gasteiger partial charge in [0.1, 0.15) is 22.9 Å². The SMILES string of the molecule is CCCCNC(=NCC(C)(O)c1cc(C)oc1C)NCCc1ccco1.I. The summed E-state index contributed by atoms with van der Waals surface area (Å²) < 4.78 is 10.9. The van der Waals surface area contributed by atoms with Crippen LogP contribution >= 0.6 is 24.0 Å². The minimum atomic E-state index is -1.08. The molecule has 0 aliphatic heterocycles. The van der Waals surface area contributed by atoms with Crippen LogP contribution < -0.4 is 10.6 Å². The zero-order chi connectivity index (χ0) is 19.0. The van der Waals surface area contributed by atoms with Crippen molar-refractivity contribution in [2.75, 3.05) is 19.6 Å². The molecule has 2 aromatic rings. The molecule has 152 valence electrons. The Balaban J connectivity index is 0.00000364. The Morgan fingerprint density at radius 2 is 2.00 bits per heavy atom. The summed E-state index contributed by atoms with van der Waals surface area (Å²) in [6.45, 7) is 9.45. The molecule has 0 amide bonds. The van der Waals surface area contributed by atoms with Crippen molar-refractivity contribution in [3.05, 3.63) is 47.3 Å². The molecule has 0 bridgehead atoms.